The van der Waals surface area contributed by atoms with Crippen LogP contribution in [0.1, 0.15) is 33.6 Å². The van der Waals surface area contributed by atoms with Crippen LogP contribution in [0.3, 0.4) is 0 Å². The second-order valence-electron chi connectivity index (χ2n) is 6.42. The van der Waals surface area contributed by atoms with E-state index in [9.17, 15) is 14.7 Å². The Hall–Kier alpha value is -1.30. The van der Waals surface area contributed by atoms with Gasteiger partial charge in [0.15, 0.2) is 0 Å². The van der Waals surface area contributed by atoms with E-state index in [1.54, 1.807) is 9.80 Å². The minimum absolute atomic E-state index is 0.0147. The average molecular weight is 298 g/mol. The first-order chi connectivity index (χ1) is 9.90. The molecule has 2 heterocycles. The molecule has 2 unspecified atom stereocenters. The molecule has 0 aromatic rings. The van der Waals surface area contributed by atoms with Gasteiger partial charge in [0, 0.05) is 26.2 Å². The lowest BCUT2D eigenvalue weighted by molar-refractivity contribution is -0.150. The fourth-order valence-corrected chi connectivity index (χ4v) is 3.23. The van der Waals surface area contributed by atoms with Crippen molar-refractivity contribution in [2.45, 2.75) is 39.7 Å². The largest absolute Gasteiger partial charge is 0.481 e. The summed E-state index contributed by atoms with van der Waals surface area (Å²) in [5.74, 6) is -0.776. The number of urea groups is 1. The monoisotopic (exact) mass is 298 g/mol. The summed E-state index contributed by atoms with van der Waals surface area (Å²) in [6.07, 6.45) is 1.52. The normalized spacial score (nSPS) is 30.0. The van der Waals surface area contributed by atoms with E-state index in [-0.39, 0.29) is 18.1 Å². The van der Waals surface area contributed by atoms with Gasteiger partial charge in [0.2, 0.25) is 0 Å². The lowest BCUT2D eigenvalue weighted by Crippen LogP contribution is -2.51. The van der Waals surface area contributed by atoms with Crippen molar-refractivity contribution in [3.8, 4) is 0 Å². The fourth-order valence-electron chi connectivity index (χ4n) is 3.23. The molecule has 0 bridgehead atoms. The number of morpholine rings is 1. The van der Waals surface area contributed by atoms with Gasteiger partial charge in [0.1, 0.15) is 0 Å². The van der Waals surface area contributed by atoms with Gasteiger partial charge < -0.3 is 19.6 Å². The Bertz CT molecular complexity index is 412. The number of amides is 2. The summed E-state index contributed by atoms with van der Waals surface area (Å²) >= 11 is 0. The van der Waals surface area contributed by atoms with Crippen LogP contribution in [0.2, 0.25) is 0 Å². The van der Waals surface area contributed by atoms with Gasteiger partial charge in [-0.05, 0) is 18.8 Å². The molecule has 120 valence electrons. The molecular weight excluding hydrogens is 272 g/mol. The molecule has 6 nitrogen and oxygen atoms in total. The van der Waals surface area contributed by atoms with Crippen LogP contribution in [0.15, 0.2) is 0 Å². The van der Waals surface area contributed by atoms with Gasteiger partial charge in [0.05, 0.1) is 18.1 Å². The highest BCUT2D eigenvalue weighted by Gasteiger charge is 2.49. The van der Waals surface area contributed by atoms with Crippen LogP contribution >= 0.6 is 0 Å². The predicted molar refractivity (Wildman–Crippen MR) is 78.1 cm³/mol. The van der Waals surface area contributed by atoms with Gasteiger partial charge in [-0.25, -0.2) is 4.79 Å². The van der Waals surface area contributed by atoms with Crippen molar-refractivity contribution in [3.05, 3.63) is 0 Å². The number of hydrogen-bond donors (Lipinski definition) is 1. The Morgan fingerprint density at radius 3 is 2.57 bits per heavy atom. The number of carboxylic acid groups (broad SMARTS) is 1. The van der Waals surface area contributed by atoms with Crippen LogP contribution in [0, 0.1) is 11.3 Å². The van der Waals surface area contributed by atoms with Crippen LogP contribution in [0.5, 0.6) is 0 Å². The molecule has 2 rings (SSSR count). The Morgan fingerprint density at radius 1 is 1.33 bits per heavy atom. The maximum Gasteiger partial charge on any atom is 0.320 e. The molecule has 0 aromatic heterocycles. The first kappa shape index (κ1) is 16.1. The summed E-state index contributed by atoms with van der Waals surface area (Å²) in [4.78, 5) is 27.7. The summed E-state index contributed by atoms with van der Waals surface area (Å²) < 4.78 is 5.58. The standard InChI is InChI=1S/C15H26N2O4/c1-4-12-9-16(7-8-21-12)14(20)17-6-5-15(10-17,11(2)3)13(18)19/h11-12H,4-10H2,1-3H3,(H,18,19). The highest BCUT2D eigenvalue weighted by molar-refractivity contribution is 5.80. The number of aliphatic carboxylic acids is 1. The van der Waals surface area contributed by atoms with Gasteiger partial charge in [-0.15, -0.1) is 0 Å². The molecule has 0 aliphatic carbocycles. The van der Waals surface area contributed by atoms with E-state index in [0.717, 1.165) is 6.42 Å². The summed E-state index contributed by atoms with van der Waals surface area (Å²) in [7, 11) is 0. The Balaban J connectivity index is 2.03. The van der Waals surface area contributed by atoms with Gasteiger partial charge in [0.25, 0.3) is 0 Å². The first-order valence-corrected chi connectivity index (χ1v) is 7.79. The van der Waals surface area contributed by atoms with Crippen LogP contribution in [-0.4, -0.2) is 65.8 Å². The summed E-state index contributed by atoms with van der Waals surface area (Å²) in [5, 5.41) is 9.55. The Labute approximate surface area is 126 Å². The van der Waals surface area contributed by atoms with E-state index in [4.69, 9.17) is 4.74 Å². The first-order valence-electron chi connectivity index (χ1n) is 7.79. The summed E-state index contributed by atoms with van der Waals surface area (Å²) in [5.41, 5.74) is -0.799. The average Bonchev–Trinajstić information content (AvgIpc) is 2.93. The smallest absolute Gasteiger partial charge is 0.320 e. The fraction of sp³-hybridized carbons (Fsp3) is 0.867. The molecule has 0 aromatic carbocycles. The number of ether oxygens (including phenoxy) is 1. The topological polar surface area (TPSA) is 70.1 Å². The van der Waals surface area contributed by atoms with E-state index in [0.29, 0.717) is 39.2 Å². The molecule has 2 fully saturated rings. The second-order valence-corrected chi connectivity index (χ2v) is 6.42. The van der Waals surface area contributed by atoms with Gasteiger partial charge in [-0.1, -0.05) is 20.8 Å². The third kappa shape index (κ3) is 3.00. The van der Waals surface area contributed by atoms with Crippen molar-refractivity contribution in [2.24, 2.45) is 11.3 Å². The van der Waals surface area contributed by atoms with E-state index in [1.165, 1.54) is 0 Å². The minimum Gasteiger partial charge on any atom is -0.481 e. The summed E-state index contributed by atoms with van der Waals surface area (Å²) in [6, 6.07) is -0.0412. The number of carbonyl (C=O) groups is 2. The van der Waals surface area contributed by atoms with Crippen molar-refractivity contribution < 1.29 is 19.4 Å². The lowest BCUT2D eigenvalue weighted by atomic mass is 9.76. The van der Waals surface area contributed by atoms with Crippen LogP contribution in [0.25, 0.3) is 0 Å². The maximum absolute atomic E-state index is 12.6. The third-order valence-corrected chi connectivity index (χ3v) is 4.97. The SMILES string of the molecule is CCC1CN(C(=O)N2CCC(C(=O)O)(C(C)C)C2)CCO1. The predicted octanol–water partition coefficient (Wildman–Crippen LogP) is 1.65. The Kier molecular flexibility index (Phi) is 4.76. The number of rotatable bonds is 3. The summed E-state index contributed by atoms with van der Waals surface area (Å²) in [6.45, 7) is 8.48. The molecule has 2 saturated heterocycles. The van der Waals surface area contributed by atoms with E-state index >= 15 is 0 Å². The maximum atomic E-state index is 12.6. The number of nitrogens with zero attached hydrogens (tertiary/aromatic N) is 2. The third-order valence-electron chi connectivity index (χ3n) is 4.97. The van der Waals surface area contributed by atoms with E-state index in [1.807, 2.05) is 20.8 Å². The number of hydrogen-bond acceptors (Lipinski definition) is 3. The minimum atomic E-state index is -0.799. The molecule has 21 heavy (non-hydrogen) atoms. The lowest BCUT2D eigenvalue weighted by Gasteiger charge is -2.36. The second kappa shape index (κ2) is 6.22. The highest BCUT2D eigenvalue weighted by Crippen LogP contribution is 2.38. The molecule has 0 spiro atoms. The van der Waals surface area contributed by atoms with Gasteiger partial charge >= 0.3 is 12.0 Å². The highest BCUT2D eigenvalue weighted by atomic mass is 16.5. The van der Waals surface area contributed by atoms with E-state index < -0.39 is 11.4 Å². The van der Waals surface area contributed by atoms with Crippen molar-refractivity contribution >= 4 is 12.0 Å². The molecule has 2 aliphatic rings. The van der Waals surface area contributed by atoms with E-state index in [2.05, 4.69) is 0 Å². The zero-order valence-corrected chi connectivity index (χ0v) is 13.2. The zero-order chi connectivity index (χ0) is 15.6. The molecule has 2 aliphatic heterocycles. The number of carbonyl (C=O) groups excluding carboxylic acids is 1. The van der Waals surface area contributed by atoms with Crippen molar-refractivity contribution in [1.29, 1.82) is 0 Å². The molecule has 2 atom stereocenters. The molecule has 0 radical (unpaired) electrons. The molecule has 6 heteroatoms. The van der Waals surface area contributed by atoms with Crippen molar-refractivity contribution in [3.63, 3.8) is 0 Å². The number of carboxylic acids is 1. The molecule has 0 saturated carbocycles. The van der Waals surface area contributed by atoms with Crippen LogP contribution in [-0.2, 0) is 9.53 Å². The van der Waals surface area contributed by atoms with Crippen molar-refractivity contribution in [2.75, 3.05) is 32.8 Å². The Morgan fingerprint density at radius 2 is 2.05 bits per heavy atom. The number of likely N-dealkylation sites (tertiary alicyclic amines) is 1. The zero-order valence-electron chi connectivity index (χ0n) is 13.2. The van der Waals surface area contributed by atoms with Gasteiger partial charge in [-0.2, -0.15) is 0 Å². The molecule has 1 N–H and O–H groups in total. The quantitative estimate of drug-likeness (QED) is 0.860. The van der Waals surface area contributed by atoms with Gasteiger partial charge in [-0.3, -0.25) is 4.79 Å². The van der Waals surface area contributed by atoms with Crippen LogP contribution < -0.4 is 0 Å². The van der Waals surface area contributed by atoms with Crippen molar-refractivity contribution in [1.82, 2.24) is 9.80 Å². The molecular formula is C15H26N2O4. The van der Waals surface area contributed by atoms with Crippen LogP contribution in [0.4, 0.5) is 4.79 Å². The molecule has 2 amide bonds.